The van der Waals surface area contributed by atoms with Crippen molar-refractivity contribution < 1.29 is 23.8 Å². The number of hydrogen-bond acceptors (Lipinski definition) is 5. The number of carbonyl (C=O) groups excluding carboxylic acids is 2. The van der Waals surface area contributed by atoms with E-state index >= 15 is 0 Å². The van der Waals surface area contributed by atoms with E-state index in [2.05, 4.69) is 6.92 Å². The molecule has 0 amide bonds. The number of ether oxygens (including phenoxy) is 3. The van der Waals surface area contributed by atoms with Crippen LogP contribution in [0.15, 0.2) is 11.3 Å². The zero-order chi connectivity index (χ0) is 15.9. The normalized spacial score (nSPS) is 37.3. The third kappa shape index (κ3) is 2.56. The molecule has 5 heteroatoms. The summed E-state index contributed by atoms with van der Waals surface area (Å²) in [6, 6.07) is 0. The maximum absolute atomic E-state index is 12.2. The van der Waals surface area contributed by atoms with Crippen LogP contribution in [0.5, 0.6) is 0 Å². The summed E-state index contributed by atoms with van der Waals surface area (Å²) in [5.74, 6) is 0.651. The quantitative estimate of drug-likeness (QED) is 0.734. The van der Waals surface area contributed by atoms with Gasteiger partial charge in [-0.3, -0.25) is 4.79 Å². The fraction of sp³-hybridized carbons (Fsp3) is 0.765. The predicted octanol–water partition coefficient (Wildman–Crippen LogP) is 2.73. The molecule has 0 radical (unpaired) electrons. The van der Waals surface area contributed by atoms with Crippen LogP contribution < -0.4 is 0 Å². The van der Waals surface area contributed by atoms with Crippen LogP contribution in [0.4, 0.5) is 0 Å². The number of rotatable bonds is 2. The van der Waals surface area contributed by atoms with Crippen LogP contribution in [-0.2, 0) is 23.8 Å². The molecule has 0 N–H and O–H groups in total. The van der Waals surface area contributed by atoms with Gasteiger partial charge in [-0.15, -0.1) is 0 Å². The maximum atomic E-state index is 12.2. The second-order valence-electron chi connectivity index (χ2n) is 6.90. The van der Waals surface area contributed by atoms with E-state index in [1.165, 1.54) is 33.3 Å². The Labute approximate surface area is 131 Å². The first-order chi connectivity index (χ1) is 10.4. The lowest BCUT2D eigenvalue weighted by molar-refractivity contribution is -0.190. The second kappa shape index (κ2) is 5.69. The molecule has 0 aromatic carbocycles. The fourth-order valence-corrected chi connectivity index (χ4v) is 4.59. The van der Waals surface area contributed by atoms with Crippen LogP contribution in [0.1, 0.15) is 52.4 Å². The molecule has 1 saturated heterocycles. The van der Waals surface area contributed by atoms with E-state index < -0.39 is 11.9 Å². The number of methoxy groups -OCH3 is 1. The van der Waals surface area contributed by atoms with Crippen LogP contribution in [0, 0.1) is 11.8 Å². The summed E-state index contributed by atoms with van der Waals surface area (Å²) in [5, 5.41) is 0. The molecule has 0 spiro atoms. The molecule has 4 atom stereocenters. The summed E-state index contributed by atoms with van der Waals surface area (Å²) in [5.41, 5.74) is 0.0512. The molecule has 3 aliphatic rings. The molecule has 1 aliphatic carbocycles. The van der Waals surface area contributed by atoms with Crippen molar-refractivity contribution in [1.82, 2.24) is 0 Å². The highest BCUT2D eigenvalue weighted by Crippen LogP contribution is 2.52. The Bertz CT molecular complexity index is 523. The Morgan fingerprint density at radius 1 is 1.27 bits per heavy atom. The summed E-state index contributed by atoms with van der Waals surface area (Å²) < 4.78 is 16.5. The SMILES string of the molecule is COC(=O)C1=C(OC(C)=O)C[C@]2(C)O[C@H]1C[C@H]1CCCC[C@H]12. The summed E-state index contributed by atoms with van der Waals surface area (Å²) in [6.07, 6.45) is 5.77. The molecule has 0 unspecified atom stereocenters. The van der Waals surface area contributed by atoms with Crippen LogP contribution in [0.2, 0.25) is 0 Å². The fourth-order valence-electron chi connectivity index (χ4n) is 4.59. The molecule has 5 nitrogen and oxygen atoms in total. The van der Waals surface area contributed by atoms with Gasteiger partial charge in [0.25, 0.3) is 0 Å². The van der Waals surface area contributed by atoms with Gasteiger partial charge in [0, 0.05) is 13.3 Å². The third-order valence-corrected chi connectivity index (χ3v) is 5.43. The van der Waals surface area contributed by atoms with Crippen molar-refractivity contribution in [3.8, 4) is 0 Å². The molecule has 2 aliphatic heterocycles. The smallest absolute Gasteiger partial charge is 0.339 e. The number of esters is 2. The highest BCUT2D eigenvalue weighted by molar-refractivity contribution is 5.91. The van der Waals surface area contributed by atoms with Gasteiger partial charge in [0.05, 0.1) is 18.8 Å². The molecule has 3 rings (SSSR count). The van der Waals surface area contributed by atoms with Crippen molar-refractivity contribution in [2.24, 2.45) is 11.8 Å². The highest BCUT2D eigenvalue weighted by Gasteiger charge is 2.53. The molecule has 22 heavy (non-hydrogen) atoms. The van der Waals surface area contributed by atoms with Crippen LogP contribution in [-0.4, -0.2) is 30.8 Å². The Balaban J connectivity index is 1.99. The standard InChI is InChI=1S/C17H24O5/c1-10(18)21-14-9-17(2)12-7-5-4-6-11(12)8-13(22-17)15(14)16(19)20-3/h11-13H,4-9H2,1-3H3/t11-,12-,13+,17+/m1/s1. The van der Waals surface area contributed by atoms with Gasteiger partial charge in [0.15, 0.2) is 0 Å². The lowest BCUT2D eigenvalue weighted by Gasteiger charge is -2.53. The highest BCUT2D eigenvalue weighted by atomic mass is 16.6. The summed E-state index contributed by atoms with van der Waals surface area (Å²) in [7, 11) is 1.35. The van der Waals surface area contributed by atoms with Gasteiger partial charge >= 0.3 is 11.9 Å². The molecular weight excluding hydrogens is 284 g/mol. The Morgan fingerprint density at radius 3 is 2.68 bits per heavy atom. The van der Waals surface area contributed by atoms with E-state index in [-0.39, 0.29) is 11.7 Å². The lowest BCUT2D eigenvalue weighted by atomic mass is 9.63. The molecule has 122 valence electrons. The van der Waals surface area contributed by atoms with E-state index in [0.717, 1.165) is 12.8 Å². The minimum Gasteiger partial charge on any atom is -0.465 e. The first-order valence-electron chi connectivity index (χ1n) is 8.12. The van der Waals surface area contributed by atoms with Crippen molar-refractivity contribution in [3.05, 3.63) is 11.3 Å². The minimum atomic E-state index is -0.447. The van der Waals surface area contributed by atoms with E-state index in [1.807, 2.05) is 0 Å². The van der Waals surface area contributed by atoms with E-state index in [4.69, 9.17) is 14.2 Å². The van der Waals surface area contributed by atoms with Crippen LogP contribution in [0.3, 0.4) is 0 Å². The molecule has 0 aromatic heterocycles. The molecule has 2 fully saturated rings. The average molecular weight is 308 g/mol. The average Bonchev–Trinajstić information content (AvgIpc) is 2.45. The Hall–Kier alpha value is -1.36. The summed E-state index contributed by atoms with van der Waals surface area (Å²) >= 11 is 0. The van der Waals surface area contributed by atoms with Crippen molar-refractivity contribution in [1.29, 1.82) is 0 Å². The first kappa shape index (κ1) is 15.5. The van der Waals surface area contributed by atoms with Crippen LogP contribution >= 0.6 is 0 Å². The van der Waals surface area contributed by atoms with Gasteiger partial charge in [0.1, 0.15) is 11.3 Å². The van der Waals surface area contributed by atoms with Crippen molar-refractivity contribution in [3.63, 3.8) is 0 Å². The lowest BCUT2D eigenvalue weighted by Crippen LogP contribution is -2.55. The van der Waals surface area contributed by atoms with Gasteiger partial charge < -0.3 is 14.2 Å². The van der Waals surface area contributed by atoms with Gasteiger partial charge in [-0.25, -0.2) is 4.79 Å². The molecule has 2 bridgehead atoms. The molecular formula is C17H24O5. The summed E-state index contributed by atoms with van der Waals surface area (Å²) in [6.45, 7) is 3.46. The number of hydrogen-bond donors (Lipinski definition) is 0. The molecule has 1 saturated carbocycles. The van der Waals surface area contributed by atoms with Gasteiger partial charge in [0.2, 0.25) is 0 Å². The van der Waals surface area contributed by atoms with Crippen molar-refractivity contribution >= 4 is 11.9 Å². The van der Waals surface area contributed by atoms with E-state index in [1.54, 1.807) is 0 Å². The number of carbonyl (C=O) groups is 2. The molecule has 0 aromatic rings. The topological polar surface area (TPSA) is 61.8 Å². The largest absolute Gasteiger partial charge is 0.465 e. The van der Waals surface area contributed by atoms with Crippen LogP contribution in [0.25, 0.3) is 0 Å². The van der Waals surface area contributed by atoms with Gasteiger partial charge in [-0.05, 0) is 38.0 Å². The second-order valence-corrected chi connectivity index (χ2v) is 6.90. The summed E-state index contributed by atoms with van der Waals surface area (Å²) in [4.78, 5) is 23.6. The van der Waals surface area contributed by atoms with Gasteiger partial charge in [-0.2, -0.15) is 0 Å². The zero-order valence-electron chi connectivity index (χ0n) is 13.5. The third-order valence-electron chi connectivity index (χ3n) is 5.43. The van der Waals surface area contributed by atoms with E-state index in [9.17, 15) is 9.59 Å². The monoisotopic (exact) mass is 308 g/mol. The van der Waals surface area contributed by atoms with Gasteiger partial charge in [-0.1, -0.05) is 12.8 Å². The minimum absolute atomic E-state index is 0.320. The predicted molar refractivity (Wildman–Crippen MR) is 78.8 cm³/mol. The zero-order valence-corrected chi connectivity index (χ0v) is 13.5. The maximum Gasteiger partial charge on any atom is 0.339 e. The van der Waals surface area contributed by atoms with Crippen molar-refractivity contribution in [2.75, 3.05) is 7.11 Å². The van der Waals surface area contributed by atoms with Crippen molar-refractivity contribution in [2.45, 2.75) is 64.1 Å². The first-order valence-corrected chi connectivity index (χ1v) is 8.12. The Morgan fingerprint density at radius 2 is 2.00 bits per heavy atom. The Kier molecular flexibility index (Phi) is 4.02. The van der Waals surface area contributed by atoms with E-state index in [0.29, 0.717) is 29.6 Å². The number of fused-ring (bicyclic) bond motifs is 4. The molecule has 2 heterocycles.